The minimum absolute atomic E-state index is 0.217. The van der Waals surface area contributed by atoms with E-state index in [4.69, 9.17) is 10.00 Å². The zero-order chi connectivity index (χ0) is 14.1. The zero-order valence-electron chi connectivity index (χ0n) is 11.4. The normalized spacial score (nSPS) is 10.2. The number of ether oxygens (including phenoxy) is 1. The van der Waals surface area contributed by atoms with Crippen LogP contribution in [0.4, 0.5) is 0 Å². The van der Waals surface area contributed by atoms with Crippen molar-refractivity contribution in [1.82, 2.24) is 9.88 Å². The minimum atomic E-state index is -0.217. The van der Waals surface area contributed by atoms with Gasteiger partial charge in [0.25, 0.3) is 0 Å². The van der Waals surface area contributed by atoms with E-state index in [1.54, 1.807) is 19.2 Å². The second kappa shape index (κ2) is 8.22. The lowest BCUT2D eigenvalue weighted by Crippen LogP contribution is -2.31. The Hall–Kier alpha value is -1.93. The fraction of sp³-hybridized carbons (Fsp3) is 0.500. The number of hydrogen-bond donors (Lipinski definition) is 0. The van der Waals surface area contributed by atoms with E-state index in [-0.39, 0.29) is 12.5 Å². The molecule has 0 aliphatic heterocycles. The number of nitrogens with zero attached hydrogens (tertiary/aromatic N) is 3. The van der Waals surface area contributed by atoms with E-state index >= 15 is 0 Å². The van der Waals surface area contributed by atoms with E-state index in [1.165, 1.54) is 0 Å². The average molecular weight is 261 g/mol. The minimum Gasteiger partial charge on any atom is -0.465 e. The molecule has 0 spiro atoms. The van der Waals surface area contributed by atoms with Gasteiger partial charge in [-0.3, -0.25) is 9.69 Å². The molecule has 5 heteroatoms. The van der Waals surface area contributed by atoms with Crippen molar-refractivity contribution in [3.63, 3.8) is 0 Å². The summed E-state index contributed by atoms with van der Waals surface area (Å²) in [6.45, 7) is 5.95. The van der Waals surface area contributed by atoms with Gasteiger partial charge in [-0.15, -0.1) is 0 Å². The monoisotopic (exact) mass is 261 g/mol. The molecule has 102 valence electrons. The second-order valence-electron chi connectivity index (χ2n) is 4.18. The van der Waals surface area contributed by atoms with Crippen LogP contribution in [0.15, 0.2) is 18.3 Å². The molecule has 0 bridgehead atoms. The molecule has 0 unspecified atom stereocenters. The summed E-state index contributed by atoms with van der Waals surface area (Å²) in [4.78, 5) is 17.5. The molecule has 1 aromatic rings. The predicted octanol–water partition coefficient (Wildman–Crippen LogP) is 1.73. The van der Waals surface area contributed by atoms with Gasteiger partial charge >= 0.3 is 5.97 Å². The highest BCUT2D eigenvalue weighted by atomic mass is 16.5. The molecule has 0 radical (unpaired) electrons. The number of rotatable bonds is 7. The molecule has 0 N–H and O–H groups in total. The van der Waals surface area contributed by atoms with Gasteiger partial charge in [0.05, 0.1) is 13.2 Å². The summed E-state index contributed by atoms with van der Waals surface area (Å²) in [5.74, 6) is -0.217. The van der Waals surface area contributed by atoms with Gasteiger partial charge in [0.1, 0.15) is 11.8 Å². The van der Waals surface area contributed by atoms with Crippen molar-refractivity contribution >= 4 is 5.97 Å². The number of carbonyl (C=O) groups excluding carboxylic acids is 1. The lowest BCUT2D eigenvalue weighted by atomic mass is 10.2. The van der Waals surface area contributed by atoms with Crippen LogP contribution in [0.5, 0.6) is 0 Å². The van der Waals surface area contributed by atoms with Crippen LogP contribution < -0.4 is 0 Å². The summed E-state index contributed by atoms with van der Waals surface area (Å²) in [5, 5.41) is 8.81. The fourth-order valence-corrected chi connectivity index (χ4v) is 1.81. The quantitative estimate of drug-likeness (QED) is 0.699. The first-order chi connectivity index (χ1) is 9.19. The summed E-state index contributed by atoms with van der Waals surface area (Å²) in [7, 11) is 0. The number of hydrogen-bond acceptors (Lipinski definition) is 5. The van der Waals surface area contributed by atoms with E-state index < -0.39 is 0 Å². The number of carbonyl (C=O) groups is 1. The van der Waals surface area contributed by atoms with E-state index in [2.05, 4.69) is 11.9 Å². The molecule has 0 aliphatic carbocycles. The Bertz CT molecular complexity index is 454. The topological polar surface area (TPSA) is 66.2 Å². The Balaban J connectivity index is 2.66. The van der Waals surface area contributed by atoms with Crippen LogP contribution in [0.3, 0.4) is 0 Å². The highest BCUT2D eigenvalue weighted by Crippen LogP contribution is 2.06. The first-order valence-corrected chi connectivity index (χ1v) is 6.42. The highest BCUT2D eigenvalue weighted by Gasteiger charge is 2.11. The van der Waals surface area contributed by atoms with Crippen LogP contribution in [0, 0.1) is 11.3 Å². The molecule has 1 rings (SSSR count). The van der Waals surface area contributed by atoms with E-state index in [0.29, 0.717) is 18.8 Å². The molecule has 19 heavy (non-hydrogen) atoms. The maximum absolute atomic E-state index is 11.5. The number of pyridine rings is 1. The number of nitriles is 1. The van der Waals surface area contributed by atoms with Crippen molar-refractivity contribution in [3.05, 3.63) is 29.6 Å². The molecule has 0 fully saturated rings. The third-order valence-corrected chi connectivity index (χ3v) is 2.54. The highest BCUT2D eigenvalue weighted by molar-refractivity contribution is 5.71. The van der Waals surface area contributed by atoms with Gasteiger partial charge < -0.3 is 4.74 Å². The summed E-state index contributed by atoms with van der Waals surface area (Å²) in [6.07, 6.45) is 2.57. The van der Waals surface area contributed by atoms with Crippen molar-refractivity contribution in [2.45, 2.75) is 26.8 Å². The van der Waals surface area contributed by atoms with Gasteiger partial charge in [0, 0.05) is 12.7 Å². The van der Waals surface area contributed by atoms with Crippen LogP contribution in [0.2, 0.25) is 0 Å². The molecule has 0 aliphatic rings. The number of esters is 1. The van der Waals surface area contributed by atoms with Crippen LogP contribution in [0.25, 0.3) is 0 Å². The Kier molecular flexibility index (Phi) is 6.55. The van der Waals surface area contributed by atoms with Crippen molar-refractivity contribution in [3.8, 4) is 6.07 Å². The van der Waals surface area contributed by atoms with Crippen LogP contribution in [-0.2, 0) is 16.1 Å². The molecule has 1 aromatic heterocycles. The third kappa shape index (κ3) is 5.49. The average Bonchev–Trinajstić information content (AvgIpc) is 2.39. The first-order valence-electron chi connectivity index (χ1n) is 6.42. The van der Waals surface area contributed by atoms with Crippen molar-refractivity contribution < 1.29 is 9.53 Å². The van der Waals surface area contributed by atoms with E-state index in [1.807, 2.05) is 17.0 Å². The van der Waals surface area contributed by atoms with Crippen molar-refractivity contribution in [2.75, 3.05) is 19.7 Å². The molecule has 0 atom stereocenters. The molecule has 0 aromatic carbocycles. The van der Waals surface area contributed by atoms with Gasteiger partial charge in [0.15, 0.2) is 0 Å². The summed E-state index contributed by atoms with van der Waals surface area (Å²) in [6, 6.07) is 5.61. The smallest absolute Gasteiger partial charge is 0.320 e. The van der Waals surface area contributed by atoms with Crippen molar-refractivity contribution in [2.24, 2.45) is 0 Å². The Morgan fingerprint density at radius 3 is 2.95 bits per heavy atom. The Labute approximate surface area is 113 Å². The molecular weight excluding hydrogens is 242 g/mol. The lowest BCUT2D eigenvalue weighted by Gasteiger charge is -2.20. The van der Waals surface area contributed by atoms with Gasteiger partial charge in [-0.25, -0.2) is 4.98 Å². The largest absolute Gasteiger partial charge is 0.465 e. The van der Waals surface area contributed by atoms with Gasteiger partial charge in [-0.05, 0) is 37.6 Å². The van der Waals surface area contributed by atoms with Crippen LogP contribution >= 0.6 is 0 Å². The maximum atomic E-state index is 11.5. The Morgan fingerprint density at radius 1 is 1.53 bits per heavy atom. The van der Waals surface area contributed by atoms with E-state index in [9.17, 15) is 4.79 Å². The van der Waals surface area contributed by atoms with Crippen molar-refractivity contribution in [1.29, 1.82) is 5.26 Å². The lowest BCUT2D eigenvalue weighted by molar-refractivity contribution is -0.144. The molecule has 1 heterocycles. The van der Waals surface area contributed by atoms with Crippen LogP contribution in [0.1, 0.15) is 31.5 Å². The first kappa shape index (κ1) is 15.1. The van der Waals surface area contributed by atoms with Gasteiger partial charge in [-0.1, -0.05) is 6.92 Å². The van der Waals surface area contributed by atoms with Gasteiger partial charge in [-0.2, -0.15) is 5.26 Å². The molecular formula is C14H19N3O2. The Morgan fingerprint density at radius 2 is 2.32 bits per heavy atom. The number of aromatic nitrogens is 1. The van der Waals surface area contributed by atoms with Crippen LogP contribution in [-0.4, -0.2) is 35.5 Å². The summed E-state index contributed by atoms with van der Waals surface area (Å²) < 4.78 is 4.96. The summed E-state index contributed by atoms with van der Waals surface area (Å²) >= 11 is 0. The zero-order valence-corrected chi connectivity index (χ0v) is 11.4. The summed E-state index contributed by atoms with van der Waals surface area (Å²) in [5.41, 5.74) is 1.37. The molecule has 0 amide bonds. The predicted molar refractivity (Wildman–Crippen MR) is 71.2 cm³/mol. The second-order valence-corrected chi connectivity index (χ2v) is 4.18. The molecule has 0 saturated heterocycles. The fourth-order valence-electron chi connectivity index (χ4n) is 1.81. The van der Waals surface area contributed by atoms with Gasteiger partial charge in [0.2, 0.25) is 0 Å². The molecule has 5 nitrogen and oxygen atoms in total. The maximum Gasteiger partial charge on any atom is 0.320 e. The third-order valence-electron chi connectivity index (χ3n) is 2.54. The van der Waals surface area contributed by atoms with E-state index in [0.717, 1.165) is 18.5 Å². The standard InChI is InChI=1S/C14H19N3O2/c1-3-7-17(11-14(18)19-4-2)10-12-5-6-16-13(8-12)9-15/h5-6,8H,3-4,7,10-11H2,1-2H3. The SMILES string of the molecule is CCCN(CC(=O)OCC)Cc1ccnc(C#N)c1. The molecule has 0 saturated carbocycles.